The van der Waals surface area contributed by atoms with Crippen LogP contribution in [0.15, 0.2) is 0 Å². The fraction of sp³-hybridized carbons (Fsp3) is 0.786. The minimum Gasteiger partial charge on any atom is -0.333 e. The summed E-state index contributed by atoms with van der Waals surface area (Å²) in [7, 11) is 0. The summed E-state index contributed by atoms with van der Waals surface area (Å²) in [5, 5.41) is 6.92. The minimum absolute atomic E-state index is 0.0727. The van der Waals surface area contributed by atoms with E-state index < -0.39 is 0 Å². The number of aromatic amines is 1. The zero-order valence-corrected chi connectivity index (χ0v) is 12.4. The van der Waals surface area contributed by atoms with Crippen LogP contribution in [-0.4, -0.2) is 45.1 Å². The number of nitrogens with zero attached hydrogens (tertiary/aromatic N) is 3. The highest BCUT2D eigenvalue weighted by molar-refractivity contribution is 5.90. The van der Waals surface area contributed by atoms with Crippen LogP contribution >= 0.6 is 0 Å². The molecule has 0 bridgehead atoms. The monoisotopic (exact) mass is 279 g/mol. The fourth-order valence-corrected chi connectivity index (χ4v) is 3.10. The van der Waals surface area contributed by atoms with Crippen molar-refractivity contribution in [1.29, 1.82) is 0 Å². The van der Waals surface area contributed by atoms with Gasteiger partial charge in [-0.15, -0.1) is 5.10 Å². The second-order valence-electron chi connectivity index (χ2n) is 5.44. The van der Waals surface area contributed by atoms with Crippen LogP contribution < -0.4 is 5.73 Å². The van der Waals surface area contributed by atoms with Gasteiger partial charge in [0.1, 0.15) is 5.82 Å². The SMILES string of the molecule is CCCc1nc(C(=O)N(CC)C2CCCC2CN)n[nH]1. The van der Waals surface area contributed by atoms with Crippen LogP contribution in [0.1, 0.15) is 56.0 Å². The molecule has 1 heterocycles. The lowest BCUT2D eigenvalue weighted by molar-refractivity contribution is 0.0639. The van der Waals surface area contributed by atoms with Gasteiger partial charge in [-0.25, -0.2) is 4.98 Å². The lowest BCUT2D eigenvalue weighted by Crippen LogP contribution is -2.44. The standard InChI is InChI=1S/C14H25N5O/c1-3-6-12-16-13(18-17-12)14(20)19(4-2)11-8-5-7-10(11)9-15/h10-11H,3-9,15H2,1-2H3,(H,16,17,18). The van der Waals surface area contributed by atoms with Gasteiger partial charge in [0.15, 0.2) is 0 Å². The third-order valence-electron chi connectivity index (χ3n) is 4.13. The molecule has 2 rings (SSSR count). The van der Waals surface area contributed by atoms with Gasteiger partial charge < -0.3 is 10.6 Å². The van der Waals surface area contributed by atoms with Gasteiger partial charge in [-0.2, -0.15) is 0 Å². The number of nitrogens with one attached hydrogen (secondary N) is 1. The van der Waals surface area contributed by atoms with Crippen molar-refractivity contribution >= 4 is 5.91 Å². The van der Waals surface area contributed by atoms with E-state index in [-0.39, 0.29) is 17.8 Å². The van der Waals surface area contributed by atoms with Crippen LogP contribution in [0, 0.1) is 5.92 Å². The van der Waals surface area contributed by atoms with Crippen molar-refractivity contribution in [3.8, 4) is 0 Å². The first-order chi connectivity index (χ1) is 9.71. The van der Waals surface area contributed by atoms with Crippen LogP contribution in [0.2, 0.25) is 0 Å². The van der Waals surface area contributed by atoms with Gasteiger partial charge in [0, 0.05) is 19.0 Å². The van der Waals surface area contributed by atoms with E-state index in [4.69, 9.17) is 5.73 Å². The summed E-state index contributed by atoms with van der Waals surface area (Å²) in [6, 6.07) is 0.241. The number of rotatable bonds is 6. The Hall–Kier alpha value is -1.43. The molecule has 3 N–H and O–H groups in total. The Labute approximate surface area is 120 Å². The number of aryl methyl sites for hydroxylation is 1. The predicted octanol–water partition coefficient (Wildman–Crippen LogP) is 1.35. The van der Waals surface area contributed by atoms with Crippen molar-refractivity contribution < 1.29 is 4.79 Å². The topological polar surface area (TPSA) is 87.9 Å². The molecule has 1 aromatic heterocycles. The number of H-pyrrole nitrogens is 1. The molecular formula is C14H25N5O. The summed E-state index contributed by atoms with van der Waals surface area (Å²) in [6.45, 7) is 5.40. The molecule has 6 heteroatoms. The maximum absolute atomic E-state index is 12.6. The van der Waals surface area contributed by atoms with Crippen LogP contribution in [0.4, 0.5) is 0 Å². The summed E-state index contributed by atoms with van der Waals surface area (Å²) >= 11 is 0. The quantitative estimate of drug-likeness (QED) is 0.822. The van der Waals surface area contributed by atoms with Gasteiger partial charge in [0.25, 0.3) is 5.91 Å². The third-order valence-corrected chi connectivity index (χ3v) is 4.13. The largest absolute Gasteiger partial charge is 0.333 e. The van der Waals surface area contributed by atoms with Gasteiger partial charge in [-0.1, -0.05) is 13.3 Å². The number of nitrogens with two attached hydrogens (primary N) is 1. The van der Waals surface area contributed by atoms with Crippen molar-refractivity contribution in [3.63, 3.8) is 0 Å². The van der Waals surface area contributed by atoms with E-state index in [0.717, 1.165) is 37.9 Å². The highest BCUT2D eigenvalue weighted by atomic mass is 16.2. The van der Waals surface area contributed by atoms with Crippen LogP contribution in [0.3, 0.4) is 0 Å². The van der Waals surface area contributed by atoms with Crippen LogP contribution in [-0.2, 0) is 6.42 Å². The summed E-state index contributed by atoms with van der Waals surface area (Å²) in [5.74, 6) is 1.41. The van der Waals surface area contributed by atoms with E-state index in [1.165, 1.54) is 0 Å². The van der Waals surface area contributed by atoms with E-state index >= 15 is 0 Å². The molecule has 1 amide bonds. The van der Waals surface area contributed by atoms with Gasteiger partial charge in [0.2, 0.25) is 5.82 Å². The number of aromatic nitrogens is 3. The average Bonchev–Trinajstić information content (AvgIpc) is 3.09. The molecule has 1 aromatic rings. The molecule has 1 fully saturated rings. The molecule has 2 unspecified atom stereocenters. The molecule has 0 saturated heterocycles. The highest BCUT2D eigenvalue weighted by Gasteiger charge is 2.34. The van der Waals surface area contributed by atoms with Gasteiger partial charge >= 0.3 is 0 Å². The second kappa shape index (κ2) is 6.83. The van der Waals surface area contributed by atoms with E-state index in [2.05, 4.69) is 22.1 Å². The third kappa shape index (κ3) is 3.00. The van der Waals surface area contributed by atoms with Gasteiger partial charge in [0.05, 0.1) is 0 Å². The van der Waals surface area contributed by atoms with E-state index in [9.17, 15) is 4.79 Å². The van der Waals surface area contributed by atoms with Crippen molar-refractivity contribution in [3.05, 3.63) is 11.6 Å². The molecule has 0 aliphatic heterocycles. The predicted molar refractivity (Wildman–Crippen MR) is 77.3 cm³/mol. The van der Waals surface area contributed by atoms with E-state index in [1.807, 2.05) is 11.8 Å². The molecule has 1 saturated carbocycles. The Morgan fingerprint density at radius 3 is 2.90 bits per heavy atom. The molecule has 0 radical (unpaired) electrons. The number of hydrogen-bond donors (Lipinski definition) is 2. The maximum Gasteiger partial charge on any atom is 0.293 e. The minimum atomic E-state index is -0.0727. The Bertz CT molecular complexity index is 445. The Morgan fingerprint density at radius 1 is 1.45 bits per heavy atom. The average molecular weight is 279 g/mol. The van der Waals surface area contributed by atoms with Gasteiger partial charge in [-0.3, -0.25) is 9.89 Å². The fourth-order valence-electron chi connectivity index (χ4n) is 3.10. The lowest BCUT2D eigenvalue weighted by atomic mass is 10.0. The van der Waals surface area contributed by atoms with E-state index in [1.54, 1.807) is 0 Å². The maximum atomic E-state index is 12.6. The molecule has 0 spiro atoms. The summed E-state index contributed by atoms with van der Waals surface area (Å²) in [6.07, 6.45) is 5.10. The summed E-state index contributed by atoms with van der Waals surface area (Å²) in [4.78, 5) is 18.8. The molecular weight excluding hydrogens is 254 g/mol. The normalized spacial score (nSPS) is 22.1. The van der Waals surface area contributed by atoms with Crippen molar-refractivity contribution in [2.24, 2.45) is 11.7 Å². The van der Waals surface area contributed by atoms with E-state index in [0.29, 0.717) is 19.0 Å². The first-order valence-corrected chi connectivity index (χ1v) is 7.63. The highest BCUT2D eigenvalue weighted by Crippen LogP contribution is 2.29. The number of amides is 1. The second-order valence-corrected chi connectivity index (χ2v) is 5.44. The van der Waals surface area contributed by atoms with Crippen LogP contribution in [0.5, 0.6) is 0 Å². The van der Waals surface area contributed by atoms with Crippen molar-refractivity contribution in [2.75, 3.05) is 13.1 Å². The first-order valence-electron chi connectivity index (χ1n) is 7.63. The van der Waals surface area contributed by atoms with Crippen molar-refractivity contribution in [2.45, 2.75) is 52.0 Å². The Kier molecular flexibility index (Phi) is 5.11. The summed E-state index contributed by atoms with van der Waals surface area (Å²) < 4.78 is 0. The molecule has 112 valence electrons. The smallest absolute Gasteiger partial charge is 0.293 e. The molecule has 1 aliphatic rings. The molecule has 20 heavy (non-hydrogen) atoms. The number of carbonyl (C=O) groups excluding carboxylic acids is 1. The molecule has 1 aliphatic carbocycles. The van der Waals surface area contributed by atoms with Crippen LogP contribution in [0.25, 0.3) is 0 Å². The number of hydrogen-bond acceptors (Lipinski definition) is 4. The molecule has 6 nitrogen and oxygen atoms in total. The number of carbonyl (C=O) groups is 1. The van der Waals surface area contributed by atoms with Crippen molar-refractivity contribution in [1.82, 2.24) is 20.1 Å². The Morgan fingerprint density at radius 2 is 2.25 bits per heavy atom. The first kappa shape index (κ1) is 15.0. The lowest BCUT2D eigenvalue weighted by Gasteiger charge is -2.30. The summed E-state index contributed by atoms with van der Waals surface area (Å²) in [5.41, 5.74) is 5.82. The van der Waals surface area contributed by atoms with Gasteiger partial charge in [-0.05, 0) is 38.6 Å². The molecule has 2 atom stereocenters. The Balaban J connectivity index is 2.11. The zero-order valence-electron chi connectivity index (χ0n) is 12.4. The molecule has 0 aromatic carbocycles. The zero-order chi connectivity index (χ0) is 14.5.